The van der Waals surface area contributed by atoms with Gasteiger partial charge in [-0.2, -0.15) is 0 Å². The molecule has 1 aromatic carbocycles. The standard InChI is InChI=1S/C14H22O2Si/c1-15-13-9-5-8-12-11(13)7-6-10-14(12)16-17(2,3)4/h5,8-9,14H,6-7,10H2,1-4H3. The molecule has 1 atom stereocenters. The van der Waals surface area contributed by atoms with Crippen molar-refractivity contribution in [2.75, 3.05) is 7.11 Å². The summed E-state index contributed by atoms with van der Waals surface area (Å²) in [7, 11) is 0.267. The third-order valence-electron chi connectivity index (χ3n) is 3.12. The fraction of sp³-hybridized carbons (Fsp3) is 0.571. The van der Waals surface area contributed by atoms with Gasteiger partial charge in [-0.15, -0.1) is 0 Å². The Morgan fingerprint density at radius 3 is 2.65 bits per heavy atom. The second-order valence-corrected chi connectivity index (χ2v) is 10.1. The van der Waals surface area contributed by atoms with Crippen LogP contribution >= 0.6 is 0 Å². The van der Waals surface area contributed by atoms with Crippen LogP contribution in [-0.2, 0) is 10.8 Å². The number of hydrogen-bond acceptors (Lipinski definition) is 2. The van der Waals surface area contributed by atoms with Crippen LogP contribution in [-0.4, -0.2) is 15.4 Å². The number of hydrogen-bond donors (Lipinski definition) is 0. The monoisotopic (exact) mass is 250 g/mol. The summed E-state index contributed by atoms with van der Waals surface area (Å²) in [6, 6.07) is 6.32. The first-order valence-electron chi connectivity index (χ1n) is 6.35. The Morgan fingerprint density at radius 1 is 1.24 bits per heavy atom. The van der Waals surface area contributed by atoms with Gasteiger partial charge in [0.15, 0.2) is 8.32 Å². The molecule has 3 heteroatoms. The fourth-order valence-corrected chi connectivity index (χ4v) is 3.61. The van der Waals surface area contributed by atoms with Gasteiger partial charge in [0.1, 0.15) is 5.75 Å². The summed E-state index contributed by atoms with van der Waals surface area (Å²) >= 11 is 0. The molecule has 1 aliphatic rings. The van der Waals surface area contributed by atoms with Crippen molar-refractivity contribution >= 4 is 8.32 Å². The van der Waals surface area contributed by atoms with Crippen LogP contribution in [0, 0.1) is 0 Å². The molecule has 0 spiro atoms. The summed E-state index contributed by atoms with van der Waals surface area (Å²) in [5, 5.41) is 0. The minimum Gasteiger partial charge on any atom is -0.496 e. The molecule has 0 saturated carbocycles. The average molecular weight is 250 g/mol. The summed E-state index contributed by atoms with van der Waals surface area (Å²) in [4.78, 5) is 0. The minimum atomic E-state index is -1.48. The molecule has 0 aliphatic heterocycles. The van der Waals surface area contributed by atoms with Crippen molar-refractivity contribution in [2.24, 2.45) is 0 Å². The van der Waals surface area contributed by atoms with Crippen LogP contribution in [0.25, 0.3) is 0 Å². The molecular weight excluding hydrogens is 228 g/mol. The Balaban J connectivity index is 2.31. The van der Waals surface area contributed by atoms with Gasteiger partial charge in [0.05, 0.1) is 13.2 Å². The lowest BCUT2D eigenvalue weighted by Crippen LogP contribution is -2.29. The molecule has 0 bridgehead atoms. The second kappa shape index (κ2) is 4.82. The van der Waals surface area contributed by atoms with Crippen LogP contribution in [0.5, 0.6) is 5.75 Å². The lowest BCUT2D eigenvalue weighted by Gasteiger charge is -2.32. The first-order valence-corrected chi connectivity index (χ1v) is 9.75. The van der Waals surface area contributed by atoms with Gasteiger partial charge >= 0.3 is 0 Å². The van der Waals surface area contributed by atoms with Crippen LogP contribution in [0.4, 0.5) is 0 Å². The molecule has 0 fully saturated rings. The smallest absolute Gasteiger partial charge is 0.184 e. The summed E-state index contributed by atoms with van der Waals surface area (Å²) < 4.78 is 11.7. The highest BCUT2D eigenvalue weighted by Gasteiger charge is 2.27. The van der Waals surface area contributed by atoms with E-state index in [9.17, 15) is 0 Å². The Labute approximate surface area is 105 Å². The average Bonchev–Trinajstić information content (AvgIpc) is 2.27. The van der Waals surface area contributed by atoms with E-state index in [4.69, 9.17) is 9.16 Å². The van der Waals surface area contributed by atoms with Crippen molar-refractivity contribution in [1.82, 2.24) is 0 Å². The predicted molar refractivity (Wildman–Crippen MR) is 73.1 cm³/mol. The van der Waals surface area contributed by atoms with Crippen LogP contribution in [0.1, 0.15) is 30.1 Å². The third kappa shape index (κ3) is 2.90. The van der Waals surface area contributed by atoms with E-state index in [-0.39, 0.29) is 6.10 Å². The van der Waals surface area contributed by atoms with Crippen molar-refractivity contribution in [3.05, 3.63) is 29.3 Å². The Kier molecular flexibility index (Phi) is 3.59. The molecule has 0 amide bonds. The highest BCUT2D eigenvalue weighted by Crippen LogP contribution is 2.38. The molecule has 0 N–H and O–H groups in total. The summed E-state index contributed by atoms with van der Waals surface area (Å²) in [6.07, 6.45) is 3.73. The normalized spacial score (nSPS) is 19.9. The maximum Gasteiger partial charge on any atom is 0.184 e. The van der Waals surface area contributed by atoms with Gasteiger partial charge in [-0.1, -0.05) is 12.1 Å². The molecule has 0 radical (unpaired) electrons. The molecule has 2 rings (SSSR count). The molecule has 1 aromatic rings. The Morgan fingerprint density at radius 2 is 2.00 bits per heavy atom. The third-order valence-corrected chi connectivity index (χ3v) is 4.12. The quantitative estimate of drug-likeness (QED) is 0.757. The van der Waals surface area contributed by atoms with E-state index >= 15 is 0 Å². The van der Waals surface area contributed by atoms with E-state index in [0.29, 0.717) is 0 Å². The van der Waals surface area contributed by atoms with E-state index in [0.717, 1.165) is 18.6 Å². The second-order valence-electron chi connectivity index (χ2n) is 5.64. The highest BCUT2D eigenvalue weighted by atomic mass is 28.4. The first kappa shape index (κ1) is 12.6. The van der Waals surface area contributed by atoms with Gasteiger partial charge in [0.25, 0.3) is 0 Å². The SMILES string of the molecule is COc1cccc2c1CCCC2O[Si](C)(C)C. The number of rotatable bonds is 3. The molecule has 1 unspecified atom stereocenters. The molecule has 94 valence electrons. The van der Waals surface area contributed by atoms with Crippen LogP contribution in [0.2, 0.25) is 19.6 Å². The molecule has 1 aliphatic carbocycles. The van der Waals surface area contributed by atoms with Gasteiger partial charge in [-0.25, -0.2) is 0 Å². The largest absolute Gasteiger partial charge is 0.496 e. The zero-order chi connectivity index (χ0) is 12.5. The minimum absolute atomic E-state index is 0.278. The molecular formula is C14H22O2Si. The lowest BCUT2D eigenvalue weighted by atomic mass is 9.89. The molecule has 0 heterocycles. The van der Waals surface area contributed by atoms with Crippen LogP contribution in [0.3, 0.4) is 0 Å². The number of ether oxygens (including phenoxy) is 1. The van der Waals surface area contributed by atoms with Crippen molar-refractivity contribution < 1.29 is 9.16 Å². The summed E-state index contributed by atoms with van der Waals surface area (Å²) in [5.41, 5.74) is 2.70. The number of benzene rings is 1. The van der Waals surface area contributed by atoms with Crippen LogP contribution in [0.15, 0.2) is 18.2 Å². The van der Waals surface area contributed by atoms with Gasteiger partial charge in [-0.3, -0.25) is 0 Å². The molecule has 2 nitrogen and oxygen atoms in total. The van der Waals surface area contributed by atoms with Gasteiger partial charge < -0.3 is 9.16 Å². The van der Waals surface area contributed by atoms with Gasteiger partial charge in [-0.05, 0) is 56.1 Å². The Bertz CT molecular complexity index is 396. The van der Waals surface area contributed by atoms with Gasteiger partial charge in [0, 0.05) is 0 Å². The summed E-state index contributed by atoms with van der Waals surface area (Å²) in [6.45, 7) is 6.75. The first-order chi connectivity index (χ1) is 8.01. The predicted octanol–water partition coefficient (Wildman–Crippen LogP) is 3.92. The maximum atomic E-state index is 6.29. The summed E-state index contributed by atoms with van der Waals surface area (Å²) in [5.74, 6) is 1.02. The van der Waals surface area contributed by atoms with Gasteiger partial charge in [0.2, 0.25) is 0 Å². The van der Waals surface area contributed by atoms with E-state index < -0.39 is 8.32 Å². The van der Waals surface area contributed by atoms with E-state index in [1.54, 1.807) is 7.11 Å². The van der Waals surface area contributed by atoms with Crippen molar-refractivity contribution in [2.45, 2.75) is 45.0 Å². The molecule has 17 heavy (non-hydrogen) atoms. The highest BCUT2D eigenvalue weighted by molar-refractivity contribution is 6.69. The van der Waals surface area contributed by atoms with Crippen molar-refractivity contribution in [3.63, 3.8) is 0 Å². The fourth-order valence-electron chi connectivity index (χ4n) is 2.51. The molecule has 0 saturated heterocycles. The topological polar surface area (TPSA) is 18.5 Å². The van der Waals surface area contributed by atoms with E-state index in [2.05, 4.69) is 37.8 Å². The van der Waals surface area contributed by atoms with E-state index in [1.807, 2.05) is 0 Å². The maximum absolute atomic E-state index is 6.29. The zero-order valence-corrected chi connectivity index (χ0v) is 12.2. The zero-order valence-electron chi connectivity index (χ0n) is 11.2. The van der Waals surface area contributed by atoms with Crippen molar-refractivity contribution in [3.8, 4) is 5.75 Å². The number of fused-ring (bicyclic) bond motifs is 1. The Hall–Kier alpha value is -0.803. The number of methoxy groups -OCH3 is 1. The van der Waals surface area contributed by atoms with Crippen molar-refractivity contribution in [1.29, 1.82) is 0 Å². The molecule has 0 aromatic heterocycles. The van der Waals surface area contributed by atoms with Crippen LogP contribution < -0.4 is 4.74 Å². The van der Waals surface area contributed by atoms with E-state index in [1.165, 1.54) is 17.5 Å². The lowest BCUT2D eigenvalue weighted by molar-refractivity contribution is 0.174.